The van der Waals surface area contributed by atoms with Crippen LogP contribution in [0.2, 0.25) is 0 Å². The summed E-state index contributed by atoms with van der Waals surface area (Å²) in [6.07, 6.45) is 0.503. The molecule has 1 saturated heterocycles. The number of aliphatic hydroxyl groups is 4. The van der Waals surface area contributed by atoms with Crippen LogP contribution in [0, 0.1) is 5.92 Å². The molecule has 4 aromatic rings. The molecule has 0 spiro atoms. The number of ether oxygens (including phenoxy) is 2. The summed E-state index contributed by atoms with van der Waals surface area (Å²) in [6.45, 7) is 1.74. The maximum atomic E-state index is 12.7. The van der Waals surface area contributed by atoms with E-state index in [1.54, 1.807) is 18.3 Å². The Bertz CT molecular complexity index is 1570. The minimum absolute atomic E-state index is 0.0262. The minimum Gasteiger partial charge on any atom is -0.394 e. The number of aromatic nitrogens is 3. The molecule has 1 fully saturated rings. The van der Waals surface area contributed by atoms with Gasteiger partial charge in [-0.3, -0.25) is 9.78 Å². The molecule has 46 heavy (non-hydrogen) atoms. The number of benzene rings is 2. The summed E-state index contributed by atoms with van der Waals surface area (Å²) in [4.78, 5) is 26.3. The molecule has 11 nitrogen and oxygen atoms in total. The summed E-state index contributed by atoms with van der Waals surface area (Å²) in [7, 11) is 0. The Morgan fingerprint density at radius 3 is 2.52 bits per heavy atom. The van der Waals surface area contributed by atoms with E-state index in [1.165, 1.54) is 5.56 Å². The first-order valence-corrected chi connectivity index (χ1v) is 15.8. The van der Waals surface area contributed by atoms with Gasteiger partial charge in [0.15, 0.2) is 11.9 Å². The number of anilines is 1. The second kappa shape index (κ2) is 16.1. The standard InChI is InChI=1S/C35H42N4O7/c1-22(8-5-12-23-10-3-2-4-11-23)9-6-15-30(41)38-29-17-16-26-34(39-29)37-27(19-36-26)25-14-7-13-24(18-25)21-45-35-33(44)32(43)31(42)28(20-40)46-35/h2-4,7,10-11,13-14,16-19,22,28,31-33,35,40,42-44H,5-6,8-9,12,15,20-21H2,1H3,(H,37,38,39,41). The Labute approximate surface area is 268 Å². The lowest BCUT2D eigenvalue weighted by atomic mass is 9.96. The van der Waals surface area contributed by atoms with Crippen LogP contribution in [0.25, 0.3) is 22.4 Å². The Balaban J connectivity index is 1.13. The Hall–Kier alpha value is -3.84. The van der Waals surface area contributed by atoms with Gasteiger partial charge in [0.1, 0.15) is 35.8 Å². The summed E-state index contributed by atoms with van der Waals surface area (Å²) in [5, 5.41) is 42.5. The summed E-state index contributed by atoms with van der Waals surface area (Å²) in [5.41, 5.74) is 4.40. The van der Waals surface area contributed by atoms with Gasteiger partial charge in [0.2, 0.25) is 5.91 Å². The van der Waals surface area contributed by atoms with Crippen molar-refractivity contribution in [3.05, 3.63) is 84.1 Å². The van der Waals surface area contributed by atoms with Crippen LogP contribution in [0.3, 0.4) is 0 Å². The quantitative estimate of drug-likeness (QED) is 0.138. The number of hydrogen-bond donors (Lipinski definition) is 5. The minimum atomic E-state index is -1.51. The first-order valence-electron chi connectivity index (χ1n) is 15.8. The van der Waals surface area contributed by atoms with Gasteiger partial charge in [-0.15, -0.1) is 0 Å². The normalized spacial score (nSPS) is 22.1. The van der Waals surface area contributed by atoms with E-state index in [0.717, 1.165) is 43.2 Å². The van der Waals surface area contributed by atoms with E-state index in [1.807, 2.05) is 30.3 Å². The van der Waals surface area contributed by atoms with Crippen LogP contribution < -0.4 is 5.32 Å². The van der Waals surface area contributed by atoms with Gasteiger partial charge in [-0.1, -0.05) is 68.3 Å². The maximum absolute atomic E-state index is 12.7. The Morgan fingerprint density at radius 2 is 1.72 bits per heavy atom. The van der Waals surface area contributed by atoms with Crippen LogP contribution in [-0.4, -0.2) is 78.6 Å². The van der Waals surface area contributed by atoms with Gasteiger partial charge in [0.25, 0.3) is 0 Å². The van der Waals surface area contributed by atoms with Crippen LogP contribution in [0.15, 0.2) is 72.9 Å². The number of nitrogens with zero attached hydrogens (tertiary/aromatic N) is 3. The van der Waals surface area contributed by atoms with Crippen LogP contribution in [-0.2, 0) is 27.3 Å². The molecule has 6 atom stereocenters. The second-order valence-corrected chi connectivity index (χ2v) is 11.9. The number of aliphatic hydroxyl groups excluding tert-OH is 4. The van der Waals surface area contributed by atoms with Gasteiger partial charge in [-0.05, 0) is 54.5 Å². The highest BCUT2D eigenvalue weighted by molar-refractivity contribution is 5.90. The second-order valence-electron chi connectivity index (χ2n) is 11.9. The SMILES string of the molecule is CC(CCCC(=O)Nc1ccc2ncc(-c3cccc(COC4OC(CO)C(O)C(O)C4O)c3)nc2n1)CCCc1ccccc1. The molecule has 0 saturated carbocycles. The van der Waals surface area contributed by atoms with Crippen molar-refractivity contribution >= 4 is 22.9 Å². The molecule has 0 radical (unpaired) electrons. The summed E-state index contributed by atoms with van der Waals surface area (Å²) >= 11 is 0. The third-order valence-corrected chi connectivity index (χ3v) is 8.27. The highest BCUT2D eigenvalue weighted by Gasteiger charge is 2.44. The molecule has 11 heteroatoms. The maximum Gasteiger partial charge on any atom is 0.225 e. The molecule has 1 aliphatic rings. The van der Waals surface area contributed by atoms with Gasteiger partial charge in [0.05, 0.1) is 25.1 Å². The number of pyridine rings is 1. The zero-order valence-electron chi connectivity index (χ0n) is 25.9. The molecule has 3 heterocycles. The zero-order valence-corrected chi connectivity index (χ0v) is 25.9. The number of fused-ring (bicyclic) bond motifs is 1. The number of aryl methyl sites for hydroxylation is 1. The van der Waals surface area contributed by atoms with Crippen LogP contribution in [0.1, 0.15) is 50.2 Å². The predicted molar refractivity (Wildman–Crippen MR) is 172 cm³/mol. The third kappa shape index (κ3) is 8.91. The van der Waals surface area contributed by atoms with Crippen LogP contribution in [0.5, 0.6) is 0 Å². The fourth-order valence-electron chi connectivity index (χ4n) is 5.57. The van der Waals surface area contributed by atoms with Crippen molar-refractivity contribution in [2.75, 3.05) is 11.9 Å². The highest BCUT2D eigenvalue weighted by Crippen LogP contribution is 2.25. The van der Waals surface area contributed by atoms with E-state index >= 15 is 0 Å². The van der Waals surface area contributed by atoms with Crippen molar-refractivity contribution in [3.63, 3.8) is 0 Å². The molecule has 0 aliphatic carbocycles. The molecule has 1 amide bonds. The number of hydrogen-bond acceptors (Lipinski definition) is 10. The molecule has 244 valence electrons. The van der Waals surface area contributed by atoms with Crippen molar-refractivity contribution in [1.29, 1.82) is 0 Å². The van der Waals surface area contributed by atoms with E-state index in [0.29, 0.717) is 35.0 Å². The predicted octanol–water partition coefficient (Wildman–Crippen LogP) is 3.78. The summed E-state index contributed by atoms with van der Waals surface area (Å²) in [5.74, 6) is 0.892. The Kier molecular flexibility index (Phi) is 11.8. The van der Waals surface area contributed by atoms with Crippen molar-refractivity contribution in [1.82, 2.24) is 15.0 Å². The number of rotatable bonds is 14. The van der Waals surface area contributed by atoms with E-state index < -0.39 is 37.3 Å². The average molecular weight is 631 g/mol. The van der Waals surface area contributed by atoms with Gasteiger partial charge >= 0.3 is 0 Å². The lowest BCUT2D eigenvalue weighted by molar-refractivity contribution is -0.304. The van der Waals surface area contributed by atoms with Crippen LogP contribution >= 0.6 is 0 Å². The smallest absolute Gasteiger partial charge is 0.225 e. The van der Waals surface area contributed by atoms with E-state index in [9.17, 15) is 25.2 Å². The fourth-order valence-corrected chi connectivity index (χ4v) is 5.57. The van der Waals surface area contributed by atoms with Gasteiger partial charge in [-0.25, -0.2) is 9.97 Å². The monoisotopic (exact) mass is 630 g/mol. The summed E-state index contributed by atoms with van der Waals surface area (Å²) < 4.78 is 11.1. The molecule has 2 aromatic heterocycles. The van der Waals surface area contributed by atoms with E-state index in [-0.39, 0.29) is 12.5 Å². The molecule has 5 rings (SSSR count). The van der Waals surface area contributed by atoms with Crippen molar-refractivity contribution in [2.45, 2.75) is 82.8 Å². The first kappa shape index (κ1) is 33.5. The van der Waals surface area contributed by atoms with E-state index in [4.69, 9.17) is 9.47 Å². The average Bonchev–Trinajstić information content (AvgIpc) is 3.07. The number of carbonyl (C=O) groups is 1. The highest BCUT2D eigenvalue weighted by atomic mass is 16.7. The molecular weight excluding hydrogens is 588 g/mol. The van der Waals surface area contributed by atoms with Crippen molar-refractivity contribution < 1.29 is 34.7 Å². The molecule has 6 unspecified atom stereocenters. The number of carbonyl (C=O) groups excluding carboxylic acids is 1. The molecule has 1 aliphatic heterocycles. The molecule has 0 bridgehead atoms. The number of nitrogens with one attached hydrogen (secondary N) is 1. The fraction of sp³-hybridized carbons (Fsp3) is 0.429. The van der Waals surface area contributed by atoms with Gasteiger partial charge in [0, 0.05) is 12.0 Å². The van der Waals surface area contributed by atoms with Crippen molar-refractivity contribution in [2.24, 2.45) is 5.92 Å². The first-order chi connectivity index (χ1) is 22.3. The summed E-state index contributed by atoms with van der Waals surface area (Å²) in [6, 6.07) is 21.3. The van der Waals surface area contributed by atoms with Crippen LogP contribution in [0.4, 0.5) is 5.82 Å². The Morgan fingerprint density at radius 1 is 0.935 bits per heavy atom. The van der Waals surface area contributed by atoms with Gasteiger partial charge in [-0.2, -0.15) is 0 Å². The topological polar surface area (TPSA) is 167 Å². The largest absolute Gasteiger partial charge is 0.394 e. The van der Waals surface area contributed by atoms with Crippen molar-refractivity contribution in [3.8, 4) is 11.3 Å². The van der Waals surface area contributed by atoms with E-state index in [2.05, 4.69) is 51.5 Å². The number of amides is 1. The lowest BCUT2D eigenvalue weighted by Gasteiger charge is -2.39. The van der Waals surface area contributed by atoms with Gasteiger partial charge < -0.3 is 35.2 Å². The molecular formula is C35H42N4O7. The zero-order chi connectivity index (χ0) is 32.5. The lowest BCUT2D eigenvalue weighted by Crippen LogP contribution is -2.59. The molecule has 5 N–H and O–H groups in total. The molecule has 2 aromatic carbocycles. The third-order valence-electron chi connectivity index (χ3n) is 8.27.